The van der Waals surface area contributed by atoms with Crippen LogP contribution in [0.1, 0.15) is 35.5 Å². The van der Waals surface area contributed by atoms with E-state index in [1.165, 1.54) is 42.4 Å². The number of nitrogens with one attached hydrogen (secondary N) is 1. The average molecular weight is 490 g/mol. The number of nitrogens with zero attached hydrogens (tertiary/aromatic N) is 3. The fraction of sp³-hybridized carbons (Fsp3) is 0.208. The number of ether oxygens (including phenoxy) is 1. The minimum atomic E-state index is -4.65. The predicted octanol–water partition coefficient (Wildman–Crippen LogP) is 5.14. The van der Waals surface area contributed by atoms with Crippen LogP contribution in [0.2, 0.25) is 0 Å². The molecule has 0 unspecified atom stereocenters. The van der Waals surface area contributed by atoms with E-state index in [9.17, 15) is 26.7 Å². The molecule has 0 spiro atoms. The number of aromatic amines is 1. The van der Waals surface area contributed by atoms with Gasteiger partial charge in [-0.2, -0.15) is 18.3 Å². The zero-order chi connectivity index (χ0) is 25.3. The van der Waals surface area contributed by atoms with Crippen LogP contribution in [0.5, 0.6) is 5.75 Å². The number of rotatable bonds is 6. The highest BCUT2D eigenvalue weighted by Gasteiger charge is 2.31. The van der Waals surface area contributed by atoms with Crippen LogP contribution in [0.15, 0.2) is 59.7 Å². The Morgan fingerprint density at radius 1 is 1.09 bits per heavy atom. The standard InChI is InChI=1S/C24H19F5N4O2/c1-13(17-5-4-16(9-18(17)25)24(27,28)29)33-12-15(11-30-33)20-10-23(34)32-22(31-20)8-14-3-6-21(35-2)19(26)7-14/h3-7,9-13H,8H2,1-2H3,(H,31,32,34)/t13-/m1/s1. The fourth-order valence-corrected chi connectivity index (χ4v) is 3.62. The van der Waals surface area contributed by atoms with Crippen LogP contribution in [-0.2, 0) is 12.6 Å². The summed E-state index contributed by atoms with van der Waals surface area (Å²) in [6.07, 6.45) is -1.58. The Hall–Kier alpha value is -4.02. The van der Waals surface area contributed by atoms with Gasteiger partial charge in [0, 0.05) is 29.8 Å². The Balaban J connectivity index is 1.59. The Morgan fingerprint density at radius 2 is 1.86 bits per heavy atom. The number of hydrogen-bond donors (Lipinski definition) is 1. The number of halogens is 5. The molecule has 0 saturated carbocycles. The number of aromatic nitrogens is 4. The SMILES string of the molecule is COc1ccc(Cc2nc(-c3cnn([C@H](C)c4ccc(C(F)(F)F)cc4F)c3)cc(=O)[nH]2)cc1F. The predicted molar refractivity (Wildman–Crippen MR) is 117 cm³/mol. The first-order chi connectivity index (χ1) is 16.5. The molecule has 6 nitrogen and oxygen atoms in total. The fourth-order valence-electron chi connectivity index (χ4n) is 3.62. The molecule has 2 heterocycles. The van der Waals surface area contributed by atoms with Gasteiger partial charge in [-0.05, 0) is 36.8 Å². The van der Waals surface area contributed by atoms with Gasteiger partial charge in [0.15, 0.2) is 11.6 Å². The van der Waals surface area contributed by atoms with Crippen LogP contribution >= 0.6 is 0 Å². The van der Waals surface area contributed by atoms with Gasteiger partial charge in [-0.25, -0.2) is 13.8 Å². The highest BCUT2D eigenvalue weighted by Crippen LogP contribution is 2.32. The lowest BCUT2D eigenvalue weighted by atomic mass is 10.0. The van der Waals surface area contributed by atoms with Gasteiger partial charge in [0.05, 0.1) is 30.6 Å². The lowest BCUT2D eigenvalue weighted by molar-refractivity contribution is -0.137. The summed E-state index contributed by atoms with van der Waals surface area (Å²) in [5, 5.41) is 4.17. The number of alkyl halides is 3. The summed E-state index contributed by atoms with van der Waals surface area (Å²) in [7, 11) is 1.35. The molecule has 4 aromatic rings. The van der Waals surface area contributed by atoms with Crippen molar-refractivity contribution < 1.29 is 26.7 Å². The molecule has 35 heavy (non-hydrogen) atoms. The molecule has 182 valence electrons. The second-order valence-corrected chi connectivity index (χ2v) is 7.84. The smallest absolute Gasteiger partial charge is 0.416 e. The van der Waals surface area contributed by atoms with Crippen LogP contribution in [0.25, 0.3) is 11.3 Å². The van der Waals surface area contributed by atoms with E-state index >= 15 is 0 Å². The molecular weight excluding hydrogens is 471 g/mol. The first-order valence-electron chi connectivity index (χ1n) is 10.4. The summed E-state index contributed by atoms with van der Waals surface area (Å²) < 4.78 is 73.1. The van der Waals surface area contributed by atoms with Crippen molar-refractivity contribution in [3.63, 3.8) is 0 Å². The second-order valence-electron chi connectivity index (χ2n) is 7.84. The Bertz CT molecular complexity index is 1430. The zero-order valence-electron chi connectivity index (χ0n) is 18.5. The molecule has 1 N–H and O–H groups in total. The van der Waals surface area contributed by atoms with Crippen LogP contribution in [0, 0.1) is 11.6 Å². The van der Waals surface area contributed by atoms with Crippen molar-refractivity contribution in [2.24, 2.45) is 0 Å². The highest BCUT2D eigenvalue weighted by atomic mass is 19.4. The molecule has 0 radical (unpaired) electrons. The molecule has 0 aliphatic carbocycles. The van der Waals surface area contributed by atoms with Crippen LogP contribution in [0.3, 0.4) is 0 Å². The average Bonchev–Trinajstić information content (AvgIpc) is 3.28. The number of benzene rings is 2. The molecule has 0 aliphatic heterocycles. The molecule has 0 aliphatic rings. The molecular formula is C24H19F5N4O2. The minimum absolute atomic E-state index is 0.0220. The van der Waals surface area contributed by atoms with Crippen LogP contribution < -0.4 is 10.3 Å². The summed E-state index contributed by atoms with van der Waals surface area (Å²) in [5.41, 5.74) is -0.210. The Labute approximate surface area is 196 Å². The van der Waals surface area contributed by atoms with Crippen molar-refractivity contribution in [2.75, 3.05) is 7.11 Å². The van der Waals surface area contributed by atoms with Crippen molar-refractivity contribution >= 4 is 0 Å². The van der Waals surface area contributed by atoms with Gasteiger partial charge >= 0.3 is 6.18 Å². The summed E-state index contributed by atoms with van der Waals surface area (Å²) in [5.74, 6) is -1.18. The highest BCUT2D eigenvalue weighted by molar-refractivity contribution is 5.56. The number of H-pyrrole nitrogens is 1. The van der Waals surface area contributed by atoms with Gasteiger partial charge in [0.1, 0.15) is 11.6 Å². The first kappa shape index (κ1) is 24.1. The maximum Gasteiger partial charge on any atom is 0.416 e. The van der Waals surface area contributed by atoms with E-state index < -0.39 is 35.0 Å². The molecule has 1 atom stereocenters. The van der Waals surface area contributed by atoms with Gasteiger partial charge in [-0.1, -0.05) is 12.1 Å². The summed E-state index contributed by atoms with van der Waals surface area (Å²) >= 11 is 0. The van der Waals surface area contributed by atoms with Crippen molar-refractivity contribution in [3.05, 3.63) is 99.4 Å². The van der Waals surface area contributed by atoms with E-state index in [0.717, 1.165) is 12.1 Å². The molecule has 0 fully saturated rings. The van der Waals surface area contributed by atoms with E-state index in [1.54, 1.807) is 13.0 Å². The van der Waals surface area contributed by atoms with Crippen molar-refractivity contribution in [1.29, 1.82) is 0 Å². The quantitative estimate of drug-likeness (QED) is 0.380. The number of hydrogen-bond acceptors (Lipinski definition) is 4. The Morgan fingerprint density at radius 3 is 2.51 bits per heavy atom. The van der Waals surface area contributed by atoms with Crippen LogP contribution in [0.4, 0.5) is 22.0 Å². The maximum absolute atomic E-state index is 14.4. The summed E-state index contributed by atoms with van der Waals surface area (Å²) in [4.78, 5) is 19.2. The molecule has 0 bridgehead atoms. The lowest BCUT2D eigenvalue weighted by Crippen LogP contribution is -2.12. The summed E-state index contributed by atoms with van der Waals surface area (Å²) in [6, 6.07) is 7.25. The largest absolute Gasteiger partial charge is 0.494 e. The number of methoxy groups -OCH3 is 1. The van der Waals surface area contributed by atoms with E-state index in [4.69, 9.17) is 4.74 Å². The van der Waals surface area contributed by atoms with Crippen molar-refractivity contribution in [1.82, 2.24) is 19.7 Å². The molecule has 2 aromatic carbocycles. The van der Waals surface area contributed by atoms with E-state index in [2.05, 4.69) is 15.1 Å². The maximum atomic E-state index is 14.4. The third-order valence-corrected chi connectivity index (χ3v) is 5.45. The second kappa shape index (κ2) is 9.32. The van der Waals surface area contributed by atoms with Crippen molar-refractivity contribution in [3.8, 4) is 17.0 Å². The molecule has 0 amide bonds. The van der Waals surface area contributed by atoms with Gasteiger partial charge in [0.2, 0.25) is 0 Å². The van der Waals surface area contributed by atoms with E-state index in [-0.39, 0.29) is 29.3 Å². The lowest BCUT2D eigenvalue weighted by Gasteiger charge is -2.15. The van der Waals surface area contributed by atoms with E-state index in [1.807, 2.05) is 0 Å². The van der Waals surface area contributed by atoms with Crippen molar-refractivity contribution in [2.45, 2.75) is 25.6 Å². The molecule has 0 saturated heterocycles. The van der Waals surface area contributed by atoms with Gasteiger partial charge < -0.3 is 9.72 Å². The zero-order valence-corrected chi connectivity index (χ0v) is 18.5. The third kappa shape index (κ3) is 5.23. The monoisotopic (exact) mass is 490 g/mol. The van der Waals surface area contributed by atoms with Gasteiger partial charge in [-0.15, -0.1) is 0 Å². The summed E-state index contributed by atoms with van der Waals surface area (Å²) in [6.45, 7) is 1.58. The van der Waals surface area contributed by atoms with Crippen LogP contribution in [-0.4, -0.2) is 26.9 Å². The molecule has 4 rings (SSSR count). The topological polar surface area (TPSA) is 72.8 Å². The first-order valence-corrected chi connectivity index (χ1v) is 10.4. The van der Waals surface area contributed by atoms with E-state index in [0.29, 0.717) is 17.2 Å². The van der Waals surface area contributed by atoms with Gasteiger partial charge in [-0.3, -0.25) is 9.48 Å². The third-order valence-electron chi connectivity index (χ3n) is 5.45. The Kier molecular flexibility index (Phi) is 6.42. The molecule has 11 heteroatoms. The minimum Gasteiger partial charge on any atom is -0.494 e. The van der Waals surface area contributed by atoms with Gasteiger partial charge in [0.25, 0.3) is 5.56 Å². The molecule has 2 aromatic heterocycles. The normalized spacial score (nSPS) is 12.5.